The molecule has 2 aromatic rings. The Morgan fingerprint density at radius 3 is 2.75 bits per heavy atom. The van der Waals surface area contributed by atoms with Gasteiger partial charge in [-0.1, -0.05) is 24.6 Å². The lowest BCUT2D eigenvalue weighted by atomic mass is 9.67. The van der Waals surface area contributed by atoms with Gasteiger partial charge in [0.1, 0.15) is 18.0 Å². The van der Waals surface area contributed by atoms with Crippen LogP contribution in [0.5, 0.6) is 0 Å². The Bertz CT molecular complexity index is 1040. The van der Waals surface area contributed by atoms with E-state index in [1.807, 2.05) is 30.3 Å². The molecule has 0 radical (unpaired) electrons. The molecule has 1 saturated carbocycles. The molecule has 2 saturated heterocycles. The quantitative estimate of drug-likeness (QED) is 0.599. The van der Waals surface area contributed by atoms with Gasteiger partial charge in [0.2, 0.25) is 11.8 Å². The summed E-state index contributed by atoms with van der Waals surface area (Å²) in [5, 5.41) is 6.52. The third-order valence-electron chi connectivity index (χ3n) is 7.44. The summed E-state index contributed by atoms with van der Waals surface area (Å²) in [7, 11) is 0. The number of hydrogen-bond acceptors (Lipinski definition) is 4. The number of fused-ring (bicyclic) bond motifs is 1. The molecule has 168 valence electrons. The van der Waals surface area contributed by atoms with E-state index in [0.717, 1.165) is 30.2 Å². The van der Waals surface area contributed by atoms with E-state index in [1.165, 1.54) is 0 Å². The van der Waals surface area contributed by atoms with Crippen molar-refractivity contribution in [2.75, 3.05) is 13.1 Å². The maximum atomic E-state index is 13.4. The predicted octanol–water partition coefficient (Wildman–Crippen LogP) is 1.76. The van der Waals surface area contributed by atoms with Crippen LogP contribution in [-0.2, 0) is 14.4 Å². The summed E-state index contributed by atoms with van der Waals surface area (Å²) in [4.78, 5) is 55.0. The lowest BCUT2D eigenvalue weighted by Gasteiger charge is -2.37. The highest BCUT2D eigenvalue weighted by Gasteiger charge is 2.52. The van der Waals surface area contributed by atoms with Crippen molar-refractivity contribution in [3.63, 3.8) is 0 Å². The second-order valence-corrected chi connectivity index (χ2v) is 9.54. The molecule has 3 amide bonds. The number of hydrogen-bond donors (Lipinski definition) is 3. The molecule has 0 bridgehead atoms. The summed E-state index contributed by atoms with van der Waals surface area (Å²) in [6, 6.07) is 8.16. The lowest BCUT2D eigenvalue weighted by Crippen LogP contribution is -2.49. The maximum Gasteiger partial charge on any atom is 0.271 e. The lowest BCUT2D eigenvalue weighted by molar-refractivity contribution is -0.128. The zero-order valence-corrected chi connectivity index (χ0v) is 17.9. The van der Waals surface area contributed by atoms with Crippen LogP contribution in [0.25, 0.3) is 10.9 Å². The van der Waals surface area contributed by atoms with Crippen LogP contribution in [0.3, 0.4) is 0 Å². The van der Waals surface area contributed by atoms with Gasteiger partial charge in [-0.15, -0.1) is 0 Å². The van der Waals surface area contributed by atoms with Gasteiger partial charge in [-0.3, -0.25) is 14.4 Å². The number of nitrogens with zero attached hydrogens (tertiary/aromatic N) is 1. The number of para-hydroxylation sites is 1. The molecule has 1 spiro atoms. The average molecular weight is 437 g/mol. The van der Waals surface area contributed by atoms with Crippen molar-refractivity contribution < 1.29 is 19.2 Å². The first-order valence-electron chi connectivity index (χ1n) is 11.4. The Kier molecular flexibility index (Phi) is 5.23. The molecule has 1 aliphatic carbocycles. The topological polar surface area (TPSA) is 111 Å². The third-order valence-corrected chi connectivity index (χ3v) is 7.44. The number of aromatic nitrogens is 1. The molecule has 3 atom stereocenters. The second-order valence-electron chi connectivity index (χ2n) is 9.54. The maximum absolute atomic E-state index is 13.4. The van der Waals surface area contributed by atoms with E-state index in [1.54, 1.807) is 4.90 Å². The Morgan fingerprint density at radius 1 is 1.28 bits per heavy atom. The van der Waals surface area contributed by atoms with Crippen molar-refractivity contribution in [3.8, 4) is 0 Å². The molecule has 5 rings (SSSR count). The van der Waals surface area contributed by atoms with Gasteiger partial charge >= 0.3 is 0 Å². The van der Waals surface area contributed by atoms with Gasteiger partial charge in [-0.2, -0.15) is 0 Å². The first-order chi connectivity index (χ1) is 15.5. The second kappa shape index (κ2) is 8.07. The van der Waals surface area contributed by atoms with Gasteiger partial charge in [0, 0.05) is 29.9 Å². The van der Waals surface area contributed by atoms with Gasteiger partial charge < -0.3 is 25.3 Å². The first-order valence-corrected chi connectivity index (χ1v) is 11.4. The van der Waals surface area contributed by atoms with E-state index in [0.29, 0.717) is 37.9 Å². The summed E-state index contributed by atoms with van der Waals surface area (Å²) in [5.41, 5.74) is 1.34. The number of aldehydes is 1. The summed E-state index contributed by atoms with van der Waals surface area (Å²) in [6.07, 6.45) is 5.38. The molecular weight excluding hydrogens is 408 g/mol. The predicted molar refractivity (Wildman–Crippen MR) is 118 cm³/mol. The van der Waals surface area contributed by atoms with E-state index >= 15 is 0 Å². The normalized spacial score (nSPS) is 24.9. The van der Waals surface area contributed by atoms with Gasteiger partial charge in [-0.05, 0) is 49.7 Å². The Hall–Kier alpha value is -3.16. The number of carbonyl (C=O) groups is 4. The first kappa shape index (κ1) is 20.7. The van der Waals surface area contributed by atoms with Gasteiger partial charge in [0.15, 0.2) is 0 Å². The number of nitrogens with one attached hydrogen (secondary N) is 3. The fourth-order valence-corrected chi connectivity index (χ4v) is 5.49. The van der Waals surface area contributed by atoms with Crippen molar-refractivity contribution >= 4 is 34.9 Å². The minimum Gasteiger partial charge on any atom is -0.356 e. The van der Waals surface area contributed by atoms with Crippen molar-refractivity contribution in [3.05, 3.63) is 36.0 Å². The van der Waals surface area contributed by atoms with E-state index in [9.17, 15) is 19.2 Å². The monoisotopic (exact) mass is 436 g/mol. The number of rotatable bonds is 6. The van der Waals surface area contributed by atoms with Crippen LogP contribution >= 0.6 is 0 Å². The Balaban J connectivity index is 1.34. The molecule has 1 aromatic carbocycles. The van der Waals surface area contributed by atoms with E-state index < -0.39 is 12.1 Å². The minimum atomic E-state index is -0.737. The SMILES string of the molecule is O=C[C@H](C[C@@H]1CCNC1=O)NC(=O)[C@@H]1CC2(CCC2)CN1C(=O)c1cc2ccccc2[nH]1. The standard InChI is InChI=1S/C24H28N4O4/c29-13-17(10-16-6-9-25-21(16)30)26-22(31)20-12-24(7-3-8-24)14-28(20)23(32)19-11-15-4-1-2-5-18(15)27-19/h1-2,4-5,11,13,16-17,20,27H,3,6-10,12,14H2,(H,25,30)(H,26,31)/t16-,17-,20-/m0/s1. The van der Waals surface area contributed by atoms with Gasteiger partial charge in [0.25, 0.3) is 5.91 Å². The van der Waals surface area contributed by atoms with Crippen LogP contribution in [0.15, 0.2) is 30.3 Å². The van der Waals surface area contributed by atoms with Gasteiger partial charge in [0.05, 0.1) is 6.04 Å². The molecule has 0 unspecified atom stereocenters. The molecule has 1 aromatic heterocycles. The fraction of sp³-hybridized carbons (Fsp3) is 0.500. The highest BCUT2D eigenvalue weighted by atomic mass is 16.2. The van der Waals surface area contributed by atoms with Crippen LogP contribution in [0.4, 0.5) is 0 Å². The van der Waals surface area contributed by atoms with Crippen LogP contribution in [-0.4, -0.2) is 59.1 Å². The fourth-order valence-electron chi connectivity index (χ4n) is 5.49. The average Bonchev–Trinajstić information content (AvgIpc) is 3.49. The molecule has 32 heavy (non-hydrogen) atoms. The zero-order valence-electron chi connectivity index (χ0n) is 17.9. The Morgan fingerprint density at radius 2 is 2.09 bits per heavy atom. The summed E-state index contributed by atoms with van der Waals surface area (Å²) < 4.78 is 0. The number of benzene rings is 1. The zero-order chi connectivity index (χ0) is 22.3. The number of likely N-dealkylation sites (tertiary alicyclic amines) is 1. The van der Waals surface area contributed by atoms with Crippen LogP contribution in [0.1, 0.15) is 49.0 Å². The van der Waals surface area contributed by atoms with E-state index in [4.69, 9.17) is 0 Å². The highest BCUT2D eigenvalue weighted by Crippen LogP contribution is 2.50. The molecule has 3 heterocycles. The number of H-pyrrole nitrogens is 1. The molecule has 8 heteroatoms. The summed E-state index contributed by atoms with van der Waals surface area (Å²) in [6.45, 7) is 1.15. The molecule has 3 aliphatic rings. The Labute approximate surface area is 186 Å². The number of amides is 3. The molecule has 2 aliphatic heterocycles. The van der Waals surface area contributed by atoms with Gasteiger partial charge in [-0.25, -0.2) is 0 Å². The summed E-state index contributed by atoms with van der Waals surface area (Å²) >= 11 is 0. The highest BCUT2D eigenvalue weighted by molar-refractivity contribution is 6.00. The molecule has 3 N–H and O–H groups in total. The number of carbonyl (C=O) groups excluding carboxylic acids is 4. The van der Waals surface area contributed by atoms with Crippen LogP contribution < -0.4 is 10.6 Å². The minimum absolute atomic E-state index is 0.00824. The summed E-state index contributed by atoms with van der Waals surface area (Å²) in [5.74, 6) is -0.844. The van der Waals surface area contributed by atoms with Crippen molar-refractivity contribution in [1.29, 1.82) is 0 Å². The third kappa shape index (κ3) is 3.67. The number of aromatic amines is 1. The van der Waals surface area contributed by atoms with Crippen LogP contribution in [0.2, 0.25) is 0 Å². The molecular formula is C24H28N4O4. The van der Waals surface area contributed by atoms with E-state index in [-0.39, 0.29) is 35.5 Å². The largest absolute Gasteiger partial charge is 0.356 e. The van der Waals surface area contributed by atoms with Crippen molar-refractivity contribution in [1.82, 2.24) is 20.5 Å². The van der Waals surface area contributed by atoms with Crippen molar-refractivity contribution in [2.45, 2.75) is 50.6 Å². The van der Waals surface area contributed by atoms with Crippen molar-refractivity contribution in [2.24, 2.45) is 11.3 Å². The molecule has 3 fully saturated rings. The smallest absolute Gasteiger partial charge is 0.271 e. The molecule has 8 nitrogen and oxygen atoms in total. The van der Waals surface area contributed by atoms with Crippen LogP contribution in [0, 0.1) is 11.3 Å². The van der Waals surface area contributed by atoms with E-state index in [2.05, 4.69) is 15.6 Å².